The topological polar surface area (TPSA) is 64.4 Å². The Kier molecular flexibility index (Phi) is 5.00. The number of ketones is 1. The average molecular weight is 345 g/mol. The quantitative estimate of drug-likeness (QED) is 0.618. The third kappa shape index (κ3) is 3.77. The lowest BCUT2D eigenvalue weighted by Crippen LogP contribution is -2.23. The third-order valence-electron chi connectivity index (χ3n) is 3.41. The van der Waals surface area contributed by atoms with Crippen LogP contribution in [0.4, 0.5) is 13.2 Å². The maximum Gasteiger partial charge on any atom is 0.408 e. The van der Waals surface area contributed by atoms with Gasteiger partial charge in [-0.15, -0.1) is 0 Å². The molecule has 1 aliphatic rings. The van der Waals surface area contributed by atoms with Crippen LogP contribution in [0.3, 0.4) is 0 Å². The largest absolute Gasteiger partial charge is 0.461 e. The fraction of sp³-hybridized carbons (Fsp3) is 0.533. The van der Waals surface area contributed by atoms with Crippen molar-refractivity contribution in [3.63, 3.8) is 0 Å². The van der Waals surface area contributed by atoms with Gasteiger partial charge in [0.05, 0.1) is 6.61 Å². The lowest BCUT2D eigenvalue weighted by Gasteiger charge is -2.16. The molecule has 9 heteroatoms. The van der Waals surface area contributed by atoms with Gasteiger partial charge in [0.15, 0.2) is 5.69 Å². The van der Waals surface area contributed by atoms with E-state index in [2.05, 4.69) is 5.10 Å². The number of ether oxygens (including phenoxy) is 1. The zero-order valence-electron chi connectivity index (χ0n) is 13.6. The van der Waals surface area contributed by atoms with Crippen molar-refractivity contribution in [3.05, 3.63) is 28.7 Å². The van der Waals surface area contributed by atoms with Gasteiger partial charge in [0.2, 0.25) is 5.78 Å². The van der Waals surface area contributed by atoms with E-state index in [0.717, 1.165) is 0 Å². The molecule has 24 heavy (non-hydrogen) atoms. The molecule has 1 heterocycles. The van der Waals surface area contributed by atoms with Crippen LogP contribution in [0.5, 0.6) is 0 Å². The summed E-state index contributed by atoms with van der Waals surface area (Å²) in [6.07, 6.45) is -2.37. The van der Waals surface area contributed by atoms with E-state index in [9.17, 15) is 22.8 Å². The minimum absolute atomic E-state index is 0.0184. The number of alkyl halides is 3. The normalized spacial score (nSPS) is 16.2. The van der Waals surface area contributed by atoms with Gasteiger partial charge < -0.3 is 9.64 Å². The first-order chi connectivity index (χ1) is 11.1. The molecule has 0 spiro atoms. The van der Waals surface area contributed by atoms with Crippen LogP contribution in [-0.4, -0.2) is 53.3 Å². The van der Waals surface area contributed by atoms with Gasteiger partial charge >= 0.3 is 12.1 Å². The number of fused-ring (bicyclic) bond motifs is 1. The lowest BCUT2D eigenvalue weighted by atomic mass is 9.90. The van der Waals surface area contributed by atoms with Gasteiger partial charge in [0.1, 0.15) is 12.2 Å². The van der Waals surface area contributed by atoms with Crippen LogP contribution >= 0.6 is 0 Å². The van der Waals surface area contributed by atoms with Crippen molar-refractivity contribution in [2.45, 2.75) is 32.5 Å². The second-order valence-corrected chi connectivity index (χ2v) is 5.62. The van der Waals surface area contributed by atoms with Crippen molar-refractivity contribution in [1.82, 2.24) is 14.7 Å². The van der Waals surface area contributed by atoms with Crippen LogP contribution in [0.2, 0.25) is 0 Å². The summed E-state index contributed by atoms with van der Waals surface area (Å²) in [7, 11) is 3.48. The van der Waals surface area contributed by atoms with Crippen molar-refractivity contribution in [2.75, 3.05) is 20.7 Å². The third-order valence-corrected chi connectivity index (χ3v) is 3.41. The number of rotatable bonds is 4. The average Bonchev–Trinajstić information content (AvgIpc) is 2.78. The lowest BCUT2D eigenvalue weighted by molar-refractivity contribution is -0.142. The maximum absolute atomic E-state index is 12.8. The molecule has 2 rings (SSSR count). The van der Waals surface area contributed by atoms with E-state index in [1.165, 1.54) is 0 Å². The summed E-state index contributed by atoms with van der Waals surface area (Å²) < 4.78 is 43.7. The Morgan fingerprint density at radius 3 is 2.58 bits per heavy atom. The number of hydrogen-bond donors (Lipinski definition) is 0. The van der Waals surface area contributed by atoms with E-state index in [4.69, 9.17) is 4.74 Å². The molecule has 6 nitrogen and oxygen atoms in total. The van der Waals surface area contributed by atoms with Gasteiger partial charge in [-0.25, -0.2) is 9.48 Å². The Balaban J connectivity index is 2.52. The molecule has 0 saturated heterocycles. The first kappa shape index (κ1) is 18.0. The van der Waals surface area contributed by atoms with Crippen LogP contribution in [0.15, 0.2) is 11.8 Å². The molecule has 0 amide bonds. The Labute approximate surface area is 136 Å². The number of Topliss-reactive ketones (excluding diaryl/α,β-unsaturated/α-hetero) is 1. The molecule has 0 aromatic carbocycles. The molecule has 0 bridgehead atoms. The van der Waals surface area contributed by atoms with E-state index in [-0.39, 0.29) is 30.0 Å². The summed E-state index contributed by atoms with van der Waals surface area (Å²) in [5.74, 6) is -1.36. The summed E-state index contributed by atoms with van der Waals surface area (Å²) in [6, 6.07) is 0. The monoisotopic (exact) mass is 345 g/mol. The highest BCUT2D eigenvalue weighted by Gasteiger charge is 2.37. The number of carbonyl (C=O) groups is 2. The van der Waals surface area contributed by atoms with Gasteiger partial charge in [-0.3, -0.25) is 4.79 Å². The summed E-state index contributed by atoms with van der Waals surface area (Å²) >= 11 is 0. The van der Waals surface area contributed by atoms with Crippen molar-refractivity contribution in [3.8, 4) is 0 Å². The highest BCUT2D eigenvalue weighted by Crippen LogP contribution is 2.30. The zero-order chi connectivity index (χ0) is 18.1. The number of carbonyl (C=O) groups excluding carboxylic acids is 2. The molecular weight excluding hydrogens is 327 g/mol. The summed E-state index contributed by atoms with van der Waals surface area (Å²) in [4.78, 5) is 26.2. The molecule has 0 fully saturated rings. The van der Waals surface area contributed by atoms with Crippen LogP contribution in [0, 0.1) is 0 Å². The minimum Gasteiger partial charge on any atom is -0.461 e. The van der Waals surface area contributed by atoms with Gasteiger partial charge in [0, 0.05) is 31.4 Å². The van der Waals surface area contributed by atoms with Crippen molar-refractivity contribution in [1.29, 1.82) is 0 Å². The van der Waals surface area contributed by atoms with Gasteiger partial charge in [-0.05, 0) is 19.8 Å². The number of allylic oxidation sites excluding steroid dienone is 1. The summed E-state index contributed by atoms with van der Waals surface area (Å²) in [6.45, 7) is 0.122. The number of hydrogen-bond acceptors (Lipinski definition) is 5. The van der Waals surface area contributed by atoms with Crippen LogP contribution in [0.1, 0.15) is 39.9 Å². The molecule has 1 aliphatic carbocycles. The zero-order valence-corrected chi connectivity index (χ0v) is 13.6. The van der Waals surface area contributed by atoms with E-state index in [0.29, 0.717) is 16.7 Å². The highest BCUT2D eigenvalue weighted by molar-refractivity contribution is 6.10. The fourth-order valence-electron chi connectivity index (χ4n) is 2.59. The van der Waals surface area contributed by atoms with Crippen molar-refractivity contribution >= 4 is 11.8 Å². The molecule has 0 aliphatic heterocycles. The van der Waals surface area contributed by atoms with E-state index in [1.54, 1.807) is 32.1 Å². The first-order valence-corrected chi connectivity index (χ1v) is 7.39. The number of halogens is 3. The Morgan fingerprint density at radius 2 is 2.04 bits per heavy atom. The summed E-state index contributed by atoms with van der Waals surface area (Å²) in [5.41, 5.74) is 0.265. The van der Waals surface area contributed by atoms with Crippen molar-refractivity contribution < 1.29 is 27.5 Å². The number of nitrogens with zero attached hydrogens (tertiary/aromatic N) is 3. The number of aromatic nitrogens is 2. The van der Waals surface area contributed by atoms with Crippen molar-refractivity contribution in [2.24, 2.45) is 0 Å². The molecule has 0 N–H and O–H groups in total. The molecule has 1 aromatic heterocycles. The maximum atomic E-state index is 12.8. The van der Waals surface area contributed by atoms with E-state index >= 15 is 0 Å². The van der Waals surface area contributed by atoms with E-state index in [1.807, 2.05) is 0 Å². The van der Waals surface area contributed by atoms with Crippen LogP contribution in [0.25, 0.3) is 0 Å². The Hall–Kier alpha value is -2.32. The SMILES string of the molecule is CCOC(=O)c1c2c(nn1CC(F)(F)F)C(=O)/C(=C\N(C)C)CC2. The fourth-order valence-corrected chi connectivity index (χ4v) is 2.59. The predicted octanol–water partition coefficient (Wildman–Crippen LogP) is 2.20. The second-order valence-electron chi connectivity index (χ2n) is 5.62. The predicted molar refractivity (Wildman–Crippen MR) is 78.7 cm³/mol. The van der Waals surface area contributed by atoms with Crippen LogP contribution < -0.4 is 0 Å². The van der Waals surface area contributed by atoms with Gasteiger partial charge in [0.25, 0.3) is 0 Å². The Bertz CT molecular complexity index is 690. The highest BCUT2D eigenvalue weighted by atomic mass is 19.4. The van der Waals surface area contributed by atoms with Gasteiger partial charge in [-0.2, -0.15) is 18.3 Å². The molecule has 0 radical (unpaired) electrons. The molecule has 0 atom stereocenters. The molecule has 1 aromatic rings. The van der Waals surface area contributed by atoms with Gasteiger partial charge in [-0.1, -0.05) is 0 Å². The van der Waals surface area contributed by atoms with Crippen LogP contribution in [-0.2, 0) is 17.7 Å². The molecule has 132 valence electrons. The Morgan fingerprint density at radius 1 is 1.38 bits per heavy atom. The van der Waals surface area contributed by atoms with E-state index < -0.39 is 24.5 Å². The summed E-state index contributed by atoms with van der Waals surface area (Å²) in [5, 5.41) is 3.76. The molecule has 0 unspecified atom stereocenters. The first-order valence-electron chi connectivity index (χ1n) is 7.39. The molecule has 0 saturated carbocycles. The standard InChI is InChI=1S/C15H18F3N3O3/c1-4-24-14(23)12-10-6-5-9(7-20(2)3)13(22)11(10)19-21(12)8-15(16,17)18/h7H,4-6,8H2,1-3H3/b9-7-. The second kappa shape index (κ2) is 6.66. The smallest absolute Gasteiger partial charge is 0.408 e. The number of esters is 1. The minimum atomic E-state index is -4.57. The molecular formula is C15H18F3N3O3.